The lowest BCUT2D eigenvalue weighted by molar-refractivity contribution is 0.245. The number of nitrogens with zero attached hydrogens (tertiary/aromatic N) is 2. The summed E-state index contributed by atoms with van der Waals surface area (Å²) in [6.07, 6.45) is 7.84. The van der Waals surface area contributed by atoms with E-state index in [0.29, 0.717) is 12.1 Å². The van der Waals surface area contributed by atoms with Crippen molar-refractivity contribution in [1.82, 2.24) is 15.5 Å². The topological polar surface area (TPSA) is 39.7 Å². The number of nitrogens with one attached hydrogen (secondary N) is 2. The van der Waals surface area contributed by atoms with Crippen LogP contribution in [0.4, 0.5) is 0 Å². The number of aliphatic imine (C=N–C) groups is 1. The number of hydrogen-bond acceptors (Lipinski definition) is 2. The monoisotopic (exact) mass is 442 g/mol. The van der Waals surface area contributed by atoms with Crippen molar-refractivity contribution < 1.29 is 0 Å². The molecular formula is C19H31IN4. The molecule has 24 heavy (non-hydrogen) atoms. The Morgan fingerprint density at radius 3 is 2.58 bits per heavy atom. The molecule has 0 radical (unpaired) electrons. The third-order valence-electron chi connectivity index (χ3n) is 5.15. The molecule has 4 nitrogen and oxygen atoms in total. The van der Waals surface area contributed by atoms with Gasteiger partial charge in [0.15, 0.2) is 5.96 Å². The Labute approximate surface area is 163 Å². The molecule has 3 rings (SSSR count). The largest absolute Gasteiger partial charge is 0.355 e. The summed E-state index contributed by atoms with van der Waals surface area (Å²) < 4.78 is 0. The van der Waals surface area contributed by atoms with Crippen LogP contribution in [-0.4, -0.2) is 43.1 Å². The minimum atomic E-state index is 0. The van der Waals surface area contributed by atoms with Gasteiger partial charge in [-0.25, -0.2) is 0 Å². The minimum absolute atomic E-state index is 0. The van der Waals surface area contributed by atoms with Crippen molar-refractivity contribution in [2.45, 2.75) is 57.2 Å². The molecule has 2 fully saturated rings. The van der Waals surface area contributed by atoms with Gasteiger partial charge in [-0.05, 0) is 37.8 Å². The van der Waals surface area contributed by atoms with E-state index in [-0.39, 0.29) is 24.0 Å². The quantitative estimate of drug-likeness (QED) is 0.417. The van der Waals surface area contributed by atoms with Gasteiger partial charge in [0.2, 0.25) is 0 Å². The van der Waals surface area contributed by atoms with Crippen LogP contribution in [0.2, 0.25) is 0 Å². The summed E-state index contributed by atoms with van der Waals surface area (Å²) in [5, 5.41) is 7.13. The number of guanidine groups is 1. The zero-order chi connectivity index (χ0) is 15.9. The SMILES string of the molecule is CN=C(NCC1CCCN1Cc1ccccc1)NC1CCCC1.I. The van der Waals surface area contributed by atoms with Crippen LogP contribution in [0.15, 0.2) is 35.3 Å². The van der Waals surface area contributed by atoms with Gasteiger partial charge < -0.3 is 10.6 Å². The Morgan fingerprint density at radius 1 is 1.12 bits per heavy atom. The molecule has 0 bridgehead atoms. The molecule has 2 aliphatic rings. The lowest BCUT2D eigenvalue weighted by Gasteiger charge is -2.26. The van der Waals surface area contributed by atoms with E-state index in [1.54, 1.807) is 0 Å². The molecule has 1 saturated heterocycles. The van der Waals surface area contributed by atoms with E-state index in [2.05, 4.69) is 50.9 Å². The number of halogens is 1. The maximum absolute atomic E-state index is 4.40. The smallest absolute Gasteiger partial charge is 0.191 e. The first-order valence-electron chi connectivity index (χ1n) is 9.10. The molecule has 1 aromatic rings. The average molecular weight is 442 g/mol. The third kappa shape index (κ3) is 5.62. The fourth-order valence-corrected chi connectivity index (χ4v) is 3.83. The van der Waals surface area contributed by atoms with Gasteiger partial charge in [0.25, 0.3) is 0 Å². The van der Waals surface area contributed by atoms with Crippen molar-refractivity contribution in [2.75, 3.05) is 20.1 Å². The summed E-state index contributed by atoms with van der Waals surface area (Å²) in [4.78, 5) is 7.00. The van der Waals surface area contributed by atoms with Gasteiger partial charge in [0.05, 0.1) is 0 Å². The van der Waals surface area contributed by atoms with Crippen LogP contribution in [-0.2, 0) is 6.54 Å². The average Bonchev–Trinajstić information content (AvgIpc) is 3.24. The molecule has 0 amide bonds. The van der Waals surface area contributed by atoms with Crippen molar-refractivity contribution in [1.29, 1.82) is 0 Å². The number of rotatable bonds is 5. The van der Waals surface area contributed by atoms with Crippen molar-refractivity contribution in [3.63, 3.8) is 0 Å². The second kappa shape index (κ2) is 10.2. The summed E-state index contributed by atoms with van der Waals surface area (Å²) in [5.41, 5.74) is 1.41. The Morgan fingerprint density at radius 2 is 1.88 bits per heavy atom. The van der Waals surface area contributed by atoms with Crippen LogP contribution >= 0.6 is 24.0 Å². The van der Waals surface area contributed by atoms with Gasteiger partial charge in [-0.2, -0.15) is 0 Å². The molecule has 134 valence electrons. The van der Waals surface area contributed by atoms with Gasteiger partial charge in [0, 0.05) is 32.2 Å². The van der Waals surface area contributed by atoms with Crippen LogP contribution in [0.1, 0.15) is 44.1 Å². The van der Waals surface area contributed by atoms with Crippen LogP contribution in [0.5, 0.6) is 0 Å². The summed E-state index contributed by atoms with van der Waals surface area (Å²) in [6.45, 7) is 3.25. The lowest BCUT2D eigenvalue weighted by atomic mass is 10.2. The molecule has 1 saturated carbocycles. The van der Waals surface area contributed by atoms with Crippen LogP contribution in [0.25, 0.3) is 0 Å². The maximum atomic E-state index is 4.40. The summed E-state index contributed by atoms with van der Waals surface area (Å²) in [5.74, 6) is 0.975. The summed E-state index contributed by atoms with van der Waals surface area (Å²) in [7, 11) is 1.88. The first-order valence-corrected chi connectivity index (χ1v) is 9.10. The molecule has 0 aromatic heterocycles. The standard InChI is InChI=1S/C19H30N4.HI/c1-20-19(22-17-10-5-6-11-17)21-14-18-12-7-13-23(18)15-16-8-3-2-4-9-16;/h2-4,8-9,17-18H,5-7,10-15H2,1H3,(H2,20,21,22);1H. The Bertz CT molecular complexity index is 499. The Balaban J connectivity index is 0.00000208. The predicted molar refractivity (Wildman–Crippen MR) is 112 cm³/mol. The van der Waals surface area contributed by atoms with E-state index in [9.17, 15) is 0 Å². The van der Waals surface area contributed by atoms with Crippen molar-refractivity contribution in [3.05, 3.63) is 35.9 Å². The normalized spacial score (nSPS) is 22.4. The van der Waals surface area contributed by atoms with E-state index >= 15 is 0 Å². The molecule has 2 N–H and O–H groups in total. The van der Waals surface area contributed by atoms with Gasteiger partial charge in [-0.3, -0.25) is 9.89 Å². The molecule has 1 aliphatic heterocycles. The highest BCUT2D eigenvalue weighted by Crippen LogP contribution is 2.20. The predicted octanol–water partition coefficient (Wildman–Crippen LogP) is 3.38. The Hall–Kier alpha value is -0.820. The molecule has 1 heterocycles. The van der Waals surface area contributed by atoms with Gasteiger partial charge in [0.1, 0.15) is 0 Å². The minimum Gasteiger partial charge on any atom is -0.355 e. The van der Waals surface area contributed by atoms with Gasteiger partial charge >= 0.3 is 0 Å². The summed E-state index contributed by atoms with van der Waals surface area (Å²) in [6, 6.07) is 12.0. The van der Waals surface area contributed by atoms with Crippen LogP contribution in [0.3, 0.4) is 0 Å². The molecule has 1 unspecified atom stereocenters. The lowest BCUT2D eigenvalue weighted by Crippen LogP contribution is -2.47. The number of benzene rings is 1. The van der Waals surface area contributed by atoms with Crippen molar-refractivity contribution in [3.8, 4) is 0 Å². The van der Waals surface area contributed by atoms with Crippen LogP contribution in [0, 0.1) is 0 Å². The number of likely N-dealkylation sites (tertiary alicyclic amines) is 1. The molecule has 1 atom stereocenters. The van der Waals surface area contributed by atoms with Gasteiger partial charge in [-0.1, -0.05) is 43.2 Å². The van der Waals surface area contributed by atoms with Crippen molar-refractivity contribution >= 4 is 29.9 Å². The first-order chi connectivity index (χ1) is 11.3. The van der Waals surface area contributed by atoms with E-state index in [4.69, 9.17) is 0 Å². The maximum Gasteiger partial charge on any atom is 0.191 e. The second-order valence-electron chi connectivity index (χ2n) is 6.83. The molecule has 5 heteroatoms. The zero-order valence-corrected chi connectivity index (χ0v) is 17.0. The molecule has 0 spiro atoms. The van der Waals surface area contributed by atoms with Crippen LogP contribution < -0.4 is 10.6 Å². The molecule has 1 aromatic carbocycles. The molecular weight excluding hydrogens is 411 g/mol. The van der Waals surface area contributed by atoms with E-state index < -0.39 is 0 Å². The second-order valence-corrected chi connectivity index (χ2v) is 6.83. The summed E-state index contributed by atoms with van der Waals surface area (Å²) >= 11 is 0. The highest BCUT2D eigenvalue weighted by atomic mass is 127. The third-order valence-corrected chi connectivity index (χ3v) is 5.15. The van der Waals surface area contributed by atoms with E-state index in [1.165, 1.54) is 50.6 Å². The van der Waals surface area contributed by atoms with Gasteiger partial charge in [-0.15, -0.1) is 24.0 Å². The zero-order valence-electron chi connectivity index (χ0n) is 14.7. The first kappa shape index (κ1) is 19.5. The fraction of sp³-hybridized carbons (Fsp3) is 0.632. The molecule has 1 aliphatic carbocycles. The van der Waals surface area contributed by atoms with E-state index in [1.807, 2.05) is 7.05 Å². The van der Waals surface area contributed by atoms with Crippen molar-refractivity contribution in [2.24, 2.45) is 4.99 Å². The van der Waals surface area contributed by atoms with E-state index in [0.717, 1.165) is 19.0 Å². The Kier molecular flexibility index (Phi) is 8.32. The highest BCUT2D eigenvalue weighted by Gasteiger charge is 2.25. The highest BCUT2D eigenvalue weighted by molar-refractivity contribution is 14.0. The fourth-order valence-electron chi connectivity index (χ4n) is 3.83. The number of hydrogen-bond donors (Lipinski definition) is 2.